The first-order valence-electron chi connectivity index (χ1n) is 10.2. The molecule has 0 unspecified atom stereocenters. The van der Waals surface area contributed by atoms with Crippen LogP contribution in [0.1, 0.15) is 37.2 Å². The predicted molar refractivity (Wildman–Crippen MR) is 118 cm³/mol. The quantitative estimate of drug-likeness (QED) is 0.379. The number of alkyl halides is 3. The number of fused-ring (bicyclic) bond motifs is 5. The van der Waals surface area contributed by atoms with Crippen LogP contribution in [-0.2, 0) is 9.57 Å². The minimum absolute atomic E-state index is 0.0383. The Morgan fingerprint density at radius 3 is 2.70 bits per heavy atom. The summed E-state index contributed by atoms with van der Waals surface area (Å²) in [5, 5.41) is 13.4. The lowest BCUT2D eigenvalue weighted by Gasteiger charge is -2.57. The van der Waals surface area contributed by atoms with E-state index in [1.807, 2.05) is 18.2 Å². The summed E-state index contributed by atoms with van der Waals surface area (Å²) in [6.45, 7) is 2.70. The molecule has 4 aliphatic rings. The number of hydrogen-bond acceptors (Lipinski definition) is 5. The van der Waals surface area contributed by atoms with Gasteiger partial charge in [0, 0.05) is 33.9 Å². The number of ether oxygens (including phenoxy) is 2. The second-order valence-electron chi connectivity index (χ2n) is 8.27. The molecule has 3 aliphatic heterocycles. The highest BCUT2D eigenvalue weighted by atomic mass is 79.9. The van der Waals surface area contributed by atoms with Gasteiger partial charge in [-0.1, -0.05) is 63.6 Å². The Bertz CT molecular complexity index is 874. The van der Waals surface area contributed by atoms with Crippen LogP contribution in [0.15, 0.2) is 22.7 Å². The molecule has 0 amide bonds. The molecule has 1 saturated carbocycles. The highest BCUT2D eigenvalue weighted by Crippen LogP contribution is 2.55. The Labute approximate surface area is 198 Å². The third kappa shape index (κ3) is 3.41. The largest absolute Gasteiger partial charge is 0.475 e. The maximum Gasteiger partial charge on any atom is 0.274 e. The predicted octanol–water partition coefficient (Wildman–Crippen LogP) is 4.78. The number of halogens is 4. The molecular weight excluding hydrogens is 518 g/mol. The average molecular weight is 541 g/mol. The molecule has 0 N–H and O–H groups in total. The number of hydrogen-bond donors (Lipinski definition) is 0. The van der Waals surface area contributed by atoms with Gasteiger partial charge in [-0.2, -0.15) is 0 Å². The molecule has 1 saturated heterocycles. The fourth-order valence-electron chi connectivity index (χ4n) is 5.53. The van der Waals surface area contributed by atoms with E-state index in [0.29, 0.717) is 29.6 Å². The molecule has 6 nitrogen and oxygen atoms in total. The van der Waals surface area contributed by atoms with Crippen molar-refractivity contribution in [2.45, 2.75) is 47.2 Å². The first-order valence-corrected chi connectivity index (χ1v) is 12.1. The van der Waals surface area contributed by atoms with Gasteiger partial charge >= 0.3 is 0 Å². The first-order chi connectivity index (χ1) is 14.3. The second-order valence-corrected chi connectivity index (χ2v) is 11.6. The van der Waals surface area contributed by atoms with Crippen LogP contribution in [0.5, 0.6) is 5.75 Å². The Hall–Kier alpha value is -0.440. The van der Waals surface area contributed by atoms with E-state index in [9.17, 15) is 5.21 Å². The van der Waals surface area contributed by atoms with Gasteiger partial charge in [0.05, 0.1) is 19.1 Å². The topological polar surface area (TPSA) is 57.0 Å². The smallest absolute Gasteiger partial charge is 0.274 e. The SMILES string of the molecule is [O-][N+]1=C2[C@H](C(Cl)(Cl)Cl)Oc3ccc(Br)cc3[C@H]2[C@H]2CCCC[C@@]2(N2CCOCC2)O1. The average Bonchev–Trinajstić information content (AvgIpc) is 2.73. The van der Waals surface area contributed by atoms with Gasteiger partial charge in [0.25, 0.3) is 5.71 Å². The zero-order valence-electron chi connectivity index (χ0n) is 16.2. The highest BCUT2D eigenvalue weighted by molar-refractivity contribution is 9.10. The standard InChI is InChI=1S/C20H22BrCl3N2O4/c21-12-4-5-15-13(11-12)16-14-3-1-2-6-19(14,25-7-9-28-10-8-25)30-26(27)17(16)18(29-15)20(22,23)24/h4-5,11,14,16,18H,1-3,6-10H2/t14-,16+,18-,19-/m1/s1. The van der Waals surface area contributed by atoms with Gasteiger partial charge in [0.15, 0.2) is 0 Å². The fraction of sp³-hybridized carbons (Fsp3) is 0.650. The number of rotatable bonds is 1. The summed E-state index contributed by atoms with van der Waals surface area (Å²) in [5.41, 5.74) is 0.558. The van der Waals surface area contributed by atoms with Crippen molar-refractivity contribution < 1.29 is 19.2 Å². The first kappa shape index (κ1) is 21.4. The van der Waals surface area contributed by atoms with Gasteiger partial charge in [0.1, 0.15) is 11.5 Å². The molecule has 0 bridgehead atoms. The Morgan fingerprint density at radius 1 is 1.20 bits per heavy atom. The zero-order chi connectivity index (χ0) is 21.1. The van der Waals surface area contributed by atoms with Gasteiger partial charge in [-0.05, 0) is 31.0 Å². The lowest BCUT2D eigenvalue weighted by molar-refractivity contribution is -0.787. The molecule has 3 heterocycles. The van der Waals surface area contributed by atoms with Gasteiger partial charge in [-0.15, -0.1) is 0 Å². The van der Waals surface area contributed by atoms with E-state index in [-0.39, 0.29) is 11.8 Å². The van der Waals surface area contributed by atoms with Crippen molar-refractivity contribution in [2.24, 2.45) is 5.92 Å². The van der Waals surface area contributed by atoms with Crippen LogP contribution in [0.4, 0.5) is 0 Å². The van der Waals surface area contributed by atoms with Gasteiger partial charge in [0.2, 0.25) is 9.90 Å². The van der Waals surface area contributed by atoms with Crippen LogP contribution < -0.4 is 4.74 Å². The molecule has 2 fully saturated rings. The maximum atomic E-state index is 13.4. The molecule has 4 atom stereocenters. The molecular formula is C20H22BrCl3N2O4. The highest BCUT2D eigenvalue weighted by Gasteiger charge is 2.62. The van der Waals surface area contributed by atoms with Gasteiger partial charge < -0.3 is 14.3 Å². The van der Waals surface area contributed by atoms with E-state index in [1.54, 1.807) is 0 Å². The van der Waals surface area contributed by atoms with Crippen molar-refractivity contribution in [1.82, 2.24) is 4.90 Å². The van der Waals surface area contributed by atoms with E-state index in [2.05, 4.69) is 20.8 Å². The monoisotopic (exact) mass is 538 g/mol. The van der Waals surface area contributed by atoms with Crippen LogP contribution >= 0.6 is 50.7 Å². The van der Waals surface area contributed by atoms with Gasteiger partial charge in [-0.3, -0.25) is 10.1 Å². The van der Waals surface area contributed by atoms with Crippen molar-refractivity contribution in [2.75, 3.05) is 26.3 Å². The van der Waals surface area contributed by atoms with Crippen molar-refractivity contribution in [3.8, 4) is 5.75 Å². The van der Waals surface area contributed by atoms with E-state index >= 15 is 0 Å². The zero-order valence-corrected chi connectivity index (χ0v) is 20.0. The number of nitrogens with zero attached hydrogens (tertiary/aromatic N) is 2. The second kappa shape index (κ2) is 7.85. The third-order valence-corrected chi connectivity index (χ3v) is 7.80. The summed E-state index contributed by atoms with van der Waals surface area (Å²) >= 11 is 22.4. The molecule has 10 heteroatoms. The Morgan fingerprint density at radius 2 is 1.97 bits per heavy atom. The molecule has 30 heavy (non-hydrogen) atoms. The van der Waals surface area contributed by atoms with Crippen molar-refractivity contribution in [3.63, 3.8) is 0 Å². The summed E-state index contributed by atoms with van der Waals surface area (Å²) in [4.78, 5) is 9.06. The van der Waals surface area contributed by atoms with Crippen molar-refractivity contribution >= 4 is 56.4 Å². The summed E-state index contributed by atoms with van der Waals surface area (Å²) in [5.74, 6) is 0.414. The van der Waals surface area contributed by atoms with E-state index in [1.165, 1.54) is 0 Å². The van der Waals surface area contributed by atoms with Crippen LogP contribution in [0.25, 0.3) is 0 Å². The van der Waals surface area contributed by atoms with Crippen LogP contribution in [0, 0.1) is 11.1 Å². The van der Waals surface area contributed by atoms with E-state index < -0.39 is 15.6 Å². The lowest BCUT2D eigenvalue weighted by Crippen LogP contribution is -2.67. The molecule has 0 radical (unpaired) electrons. The van der Waals surface area contributed by atoms with Crippen LogP contribution in [0.2, 0.25) is 0 Å². The van der Waals surface area contributed by atoms with E-state index in [0.717, 1.165) is 48.8 Å². The summed E-state index contributed by atoms with van der Waals surface area (Å²) in [7, 11) is 0. The third-order valence-electron chi connectivity index (χ3n) is 6.72. The van der Waals surface area contributed by atoms with Crippen molar-refractivity contribution in [1.29, 1.82) is 0 Å². The van der Waals surface area contributed by atoms with Gasteiger partial charge in [-0.25, -0.2) is 0 Å². The van der Waals surface area contributed by atoms with Crippen LogP contribution in [0.3, 0.4) is 0 Å². The van der Waals surface area contributed by atoms with Crippen molar-refractivity contribution in [3.05, 3.63) is 33.4 Å². The van der Waals surface area contributed by atoms with E-state index in [4.69, 9.17) is 49.1 Å². The Kier molecular flexibility index (Phi) is 5.60. The number of morpholine rings is 1. The number of benzene rings is 1. The maximum absolute atomic E-state index is 13.4. The minimum Gasteiger partial charge on any atom is -0.475 e. The summed E-state index contributed by atoms with van der Waals surface area (Å²) < 4.78 is 10.7. The fourth-order valence-corrected chi connectivity index (χ4v) is 6.38. The molecule has 164 valence electrons. The molecule has 0 spiro atoms. The molecule has 5 rings (SSSR count). The summed E-state index contributed by atoms with van der Waals surface area (Å²) in [6.07, 6.45) is 2.73. The normalized spacial score (nSPS) is 34.3. The van der Waals surface area contributed by atoms with Crippen LogP contribution in [-0.4, -0.2) is 57.4 Å². The Balaban J connectivity index is 1.70. The minimum atomic E-state index is -1.81. The summed E-state index contributed by atoms with van der Waals surface area (Å²) in [6, 6.07) is 5.76. The molecule has 0 aromatic heterocycles. The lowest BCUT2D eigenvalue weighted by atomic mass is 9.66. The molecule has 1 aliphatic carbocycles. The molecule has 1 aromatic carbocycles. The molecule has 1 aromatic rings.